The lowest BCUT2D eigenvalue weighted by Gasteiger charge is -2.14. The van der Waals surface area contributed by atoms with E-state index in [9.17, 15) is 14.9 Å². The van der Waals surface area contributed by atoms with E-state index in [1.54, 1.807) is 6.07 Å². The molecule has 2 rings (SSSR count). The zero-order valence-electron chi connectivity index (χ0n) is 10.5. The summed E-state index contributed by atoms with van der Waals surface area (Å²) in [5, 5.41) is 19.7. The maximum absolute atomic E-state index is 12.0. The van der Waals surface area contributed by atoms with Crippen molar-refractivity contribution in [3.05, 3.63) is 39.9 Å². The maximum atomic E-state index is 12.0. The number of rotatable bonds is 5. The van der Waals surface area contributed by atoms with Crippen molar-refractivity contribution in [2.45, 2.75) is 6.42 Å². The number of carbonyl (C=O) groups is 1. The second-order valence-corrected chi connectivity index (χ2v) is 4.80. The number of benzene rings is 1. The van der Waals surface area contributed by atoms with Crippen molar-refractivity contribution in [3.8, 4) is 0 Å². The van der Waals surface area contributed by atoms with E-state index in [0.29, 0.717) is 12.1 Å². The Labute approximate surface area is 110 Å². The highest BCUT2D eigenvalue weighted by Gasteiger charge is 2.24. The maximum Gasteiger partial charge on any atom is 0.270 e. The van der Waals surface area contributed by atoms with Gasteiger partial charge in [0.15, 0.2) is 5.78 Å². The van der Waals surface area contributed by atoms with Crippen LogP contribution in [0.5, 0.6) is 0 Å². The van der Waals surface area contributed by atoms with Crippen LogP contribution in [0.1, 0.15) is 16.8 Å². The predicted molar refractivity (Wildman–Crippen MR) is 69.1 cm³/mol. The molecule has 0 radical (unpaired) electrons. The van der Waals surface area contributed by atoms with E-state index in [0.717, 1.165) is 13.0 Å². The van der Waals surface area contributed by atoms with Crippen LogP contribution in [-0.2, 0) is 0 Å². The first-order chi connectivity index (χ1) is 9.10. The average Bonchev–Trinajstić information content (AvgIpc) is 2.86. The van der Waals surface area contributed by atoms with E-state index >= 15 is 0 Å². The number of ketones is 1. The van der Waals surface area contributed by atoms with E-state index < -0.39 is 4.92 Å². The lowest BCUT2D eigenvalue weighted by atomic mass is 10.1. The molecule has 6 nitrogen and oxygen atoms in total. The molecule has 0 spiro atoms. The van der Waals surface area contributed by atoms with E-state index in [-0.39, 0.29) is 30.5 Å². The Morgan fingerprint density at radius 3 is 2.95 bits per heavy atom. The SMILES string of the molecule is O=C(CN1CCC(CO)C1)c1cccc([N+](=O)[O-])c1. The highest BCUT2D eigenvalue weighted by Crippen LogP contribution is 2.17. The van der Waals surface area contributed by atoms with Gasteiger partial charge in [0, 0.05) is 30.8 Å². The molecule has 1 unspecified atom stereocenters. The van der Waals surface area contributed by atoms with Crippen molar-refractivity contribution in [3.63, 3.8) is 0 Å². The second kappa shape index (κ2) is 5.90. The number of non-ortho nitro benzene ring substituents is 1. The number of nitro groups is 1. The fourth-order valence-electron chi connectivity index (χ4n) is 2.29. The van der Waals surface area contributed by atoms with Crippen molar-refractivity contribution in [2.24, 2.45) is 5.92 Å². The summed E-state index contributed by atoms with van der Waals surface area (Å²) in [6.07, 6.45) is 0.888. The number of hydrogen-bond acceptors (Lipinski definition) is 5. The Kier molecular flexibility index (Phi) is 4.24. The third-order valence-electron chi connectivity index (χ3n) is 3.37. The Morgan fingerprint density at radius 2 is 2.32 bits per heavy atom. The number of carbonyl (C=O) groups excluding carboxylic acids is 1. The summed E-state index contributed by atoms with van der Waals surface area (Å²) in [6, 6.07) is 5.79. The van der Waals surface area contributed by atoms with Crippen molar-refractivity contribution >= 4 is 11.5 Å². The lowest BCUT2D eigenvalue weighted by molar-refractivity contribution is -0.384. The normalized spacial score (nSPS) is 19.5. The summed E-state index contributed by atoms with van der Waals surface area (Å²) in [5.74, 6) is 0.111. The minimum Gasteiger partial charge on any atom is -0.396 e. The van der Waals surface area contributed by atoms with Crippen LogP contribution < -0.4 is 0 Å². The molecule has 0 bridgehead atoms. The molecule has 6 heteroatoms. The Hall–Kier alpha value is -1.79. The first-order valence-electron chi connectivity index (χ1n) is 6.21. The smallest absolute Gasteiger partial charge is 0.270 e. The van der Waals surface area contributed by atoms with Crippen molar-refractivity contribution in [2.75, 3.05) is 26.2 Å². The number of Topliss-reactive ketones (excluding diaryl/α,β-unsaturated/α-hetero) is 1. The molecule has 1 fully saturated rings. The van der Waals surface area contributed by atoms with Gasteiger partial charge < -0.3 is 5.11 Å². The minimum atomic E-state index is -0.506. The number of hydrogen-bond donors (Lipinski definition) is 1. The van der Waals surface area contributed by atoms with Crippen LogP contribution in [0.25, 0.3) is 0 Å². The van der Waals surface area contributed by atoms with Crippen molar-refractivity contribution < 1.29 is 14.8 Å². The number of aliphatic hydroxyl groups is 1. The van der Waals surface area contributed by atoms with Gasteiger partial charge in [-0.3, -0.25) is 19.8 Å². The monoisotopic (exact) mass is 264 g/mol. The van der Waals surface area contributed by atoms with Gasteiger partial charge >= 0.3 is 0 Å². The lowest BCUT2D eigenvalue weighted by Crippen LogP contribution is -2.28. The fraction of sp³-hybridized carbons (Fsp3) is 0.462. The molecule has 0 saturated carbocycles. The molecule has 1 aromatic rings. The zero-order valence-corrected chi connectivity index (χ0v) is 10.5. The summed E-state index contributed by atoms with van der Waals surface area (Å²) in [6.45, 7) is 1.88. The van der Waals surface area contributed by atoms with Gasteiger partial charge in [0.2, 0.25) is 0 Å². The number of nitro benzene ring substituents is 1. The molecule has 19 heavy (non-hydrogen) atoms. The molecule has 1 saturated heterocycles. The third-order valence-corrected chi connectivity index (χ3v) is 3.37. The van der Waals surface area contributed by atoms with Gasteiger partial charge in [-0.05, 0) is 18.9 Å². The van der Waals surface area contributed by atoms with Crippen LogP contribution >= 0.6 is 0 Å². The van der Waals surface area contributed by atoms with Crippen molar-refractivity contribution in [1.29, 1.82) is 0 Å². The second-order valence-electron chi connectivity index (χ2n) is 4.80. The number of aliphatic hydroxyl groups excluding tert-OH is 1. The molecule has 0 amide bonds. The Balaban J connectivity index is 2.00. The highest BCUT2D eigenvalue weighted by molar-refractivity contribution is 5.98. The molecule has 1 aromatic carbocycles. The van der Waals surface area contributed by atoms with Gasteiger partial charge in [-0.1, -0.05) is 12.1 Å². The van der Waals surface area contributed by atoms with Gasteiger partial charge in [0.05, 0.1) is 11.5 Å². The quantitative estimate of drug-likeness (QED) is 0.489. The molecule has 102 valence electrons. The van der Waals surface area contributed by atoms with Crippen LogP contribution in [0, 0.1) is 16.0 Å². The van der Waals surface area contributed by atoms with Crippen molar-refractivity contribution in [1.82, 2.24) is 4.90 Å². The molecule has 1 heterocycles. The summed E-state index contributed by atoms with van der Waals surface area (Å²) in [7, 11) is 0. The van der Waals surface area contributed by atoms with Crippen LogP contribution in [0.4, 0.5) is 5.69 Å². The van der Waals surface area contributed by atoms with Gasteiger partial charge in [-0.2, -0.15) is 0 Å². The molecular formula is C13H16N2O4. The largest absolute Gasteiger partial charge is 0.396 e. The first kappa shape index (κ1) is 13.6. The van der Waals surface area contributed by atoms with E-state index in [4.69, 9.17) is 5.11 Å². The van der Waals surface area contributed by atoms with Gasteiger partial charge in [-0.15, -0.1) is 0 Å². The molecule has 1 aliphatic rings. The van der Waals surface area contributed by atoms with Crippen LogP contribution in [-0.4, -0.2) is 47.0 Å². The van der Waals surface area contributed by atoms with Gasteiger partial charge in [0.25, 0.3) is 5.69 Å². The predicted octanol–water partition coefficient (Wildman–Crippen LogP) is 1.09. The van der Waals surface area contributed by atoms with Crippen LogP contribution in [0.3, 0.4) is 0 Å². The molecule has 0 aromatic heterocycles. The summed E-state index contributed by atoms with van der Waals surface area (Å²) in [5.41, 5.74) is 0.294. The standard InChI is InChI=1S/C13H16N2O4/c16-9-10-4-5-14(7-10)8-13(17)11-2-1-3-12(6-11)15(18)19/h1-3,6,10,16H,4-5,7-9H2. The summed E-state index contributed by atoms with van der Waals surface area (Å²) >= 11 is 0. The molecule has 1 aliphatic heterocycles. The van der Waals surface area contributed by atoms with Gasteiger partial charge in [0.1, 0.15) is 0 Å². The fourth-order valence-corrected chi connectivity index (χ4v) is 2.29. The molecule has 1 atom stereocenters. The Morgan fingerprint density at radius 1 is 1.53 bits per heavy atom. The first-order valence-corrected chi connectivity index (χ1v) is 6.21. The molecular weight excluding hydrogens is 248 g/mol. The third kappa shape index (κ3) is 3.36. The van der Waals surface area contributed by atoms with Gasteiger partial charge in [-0.25, -0.2) is 0 Å². The average molecular weight is 264 g/mol. The summed E-state index contributed by atoms with van der Waals surface area (Å²) < 4.78 is 0. The summed E-state index contributed by atoms with van der Waals surface area (Å²) in [4.78, 5) is 24.2. The van der Waals surface area contributed by atoms with Crippen LogP contribution in [0.15, 0.2) is 24.3 Å². The van der Waals surface area contributed by atoms with E-state index in [1.165, 1.54) is 18.2 Å². The van der Waals surface area contributed by atoms with Crippen LogP contribution in [0.2, 0.25) is 0 Å². The minimum absolute atomic E-state index is 0.0690. The number of likely N-dealkylation sites (tertiary alicyclic amines) is 1. The molecule has 0 aliphatic carbocycles. The Bertz CT molecular complexity index is 489. The highest BCUT2D eigenvalue weighted by atomic mass is 16.6. The van der Waals surface area contributed by atoms with E-state index in [2.05, 4.69) is 0 Å². The topological polar surface area (TPSA) is 83.7 Å². The number of nitrogens with zero attached hydrogens (tertiary/aromatic N) is 2. The van der Waals surface area contributed by atoms with E-state index in [1.807, 2.05) is 4.90 Å². The molecule has 1 N–H and O–H groups in total. The zero-order chi connectivity index (χ0) is 13.8.